The Morgan fingerprint density at radius 2 is 2.46 bits per heavy atom. The van der Waals surface area contributed by atoms with Gasteiger partial charge in [0.05, 0.1) is 0 Å². The molecule has 72 valence electrons. The predicted octanol–water partition coefficient (Wildman–Crippen LogP) is 3.32. The van der Waals surface area contributed by atoms with Crippen LogP contribution in [0.3, 0.4) is 0 Å². The number of likely N-dealkylation sites (N-methyl/N-ethyl adjacent to an activating group) is 1. The maximum Gasteiger partial charge on any atom is 0.0339 e. The third-order valence-corrected chi connectivity index (χ3v) is 2.78. The SMILES string of the molecule is C=C(Cl)CN(CC)Cc1cccs1. The Bertz CT molecular complexity index is 256. The lowest BCUT2D eigenvalue weighted by Gasteiger charge is -2.18. The molecule has 0 aliphatic heterocycles. The van der Waals surface area contributed by atoms with Gasteiger partial charge in [-0.15, -0.1) is 11.3 Å². The number of thiophene rings is 1. The molecule has 0 fully saturated rings. The minimum atomic E-state index is 0.707. The standard InChI is InChI=1S/C10H14ClNS/c1-3-12(7-9(2)11)8-10-5-4-6-13-10/h4-6H,2-3,7-8H2,1H3. The van der Waals surface area contributed by atoms with Crippen molar-refractivity contribution in [2.24, 2.45) is 0 Å². The lowest BCUT2D eigenvalue weighted by Crippen LogP contribution is -2.23. The molecule has 0 atom stereocenters. The van der Waals surface area contributed by atoms with Gasteiger partial charge in [-0.3, -0.25) is 4.90 Å². The van der Waals surface area contributed by atoms with Gasteiger partial charge < -0.3 is 0 Å². The molecule has 1 heterocycles. The first-order chi connectivity index (χ1) is 6.22. The Balaban J connectivity index is 2.45. The maximum atomic E-state index is 5.76. The summed E-state index contributed by atoms with van der Waals surface area (Å²) >= 11 is 7.54. The van der Waals surface area contributed by atoms with Crippen LogP contribution in [-0.4, -0.2) is 18.0 Å². The van der Waals surface area contributed by atoms with E-state index >= 15 is 0 Å². The van der Waals surface area contributed by atoms with Crippen LogP contribution >= 0.6 is 22.9 Å². The highest BCUT2D eigenvalue weighted by molar-refractivity contribution is 7.09. The molecule has 0 unspecified atom stereocenters. The molecular weight excluding hydrogens is 202 g/mol. The van der Waals surface area contributed by atoms with Crippen molar-refractivity contribution in [1.29, 1.82) is 0 Å². The molecule has 0 amide bonds. The molecule has 0 radical (unpaired) electrons. The second-order valence-electron chi connectivity index (χ2n) is 2.90. The largest absolute Gasteiger partial charge is 0.293 e. The van der Waals surface area contributed by atoms with E-state index in [0.717, 1.165) is 19.6 Å². The quantitative estimate of drug-likeness (QED) is 0.729. The maximum absolute atomic E-state index is 5.76. The second-order valence-corrected chi connectivity index (χ2v) is 4.47. The van der Waals surface area contributed by atoms with Crippen molar-refractivity contribution in [3.63, 3.8) is 0 Å². The normalized spacial score (nSPS) is 10.7. The number of nitrogens with zero attached hydrogens (tertiary/aromatic N) is 1. The molecule has 13 heavy (non-hydrogen) atoms. The number of hydrogen-bond acceptors (Lipinski definition) is 2. The van der Waals surface area contributed by atoms with E-state index in [1.807, 2.05) is 0 Å². The molecule has 1 nitrogen and oxygen atoms in total. The van der Waals surface area contributed by atoms with E-state index in [1.54, 1.807) is 11.3 Å². The van der Waals surface area contributed by atoms with Gasteiger partial charge in [-0.1, -0.05) is 31.2 Å². The summed E-state index contributed by atoms with van der Waals surface area (Å²) in [5.74, 6) is 0. The van der Waals surface area contributed by atoms with E-state index in [-0.39, 0.29) is 0 Å². The van der Waals surface area contributed by atoms with Crippen molar-refractivity contribution < 1.29 is 0 Å². The Hall–Kier alpha value is -0.310. The van der Waals surface area contributed by atoms with Crippen molar-refractivity contribution >= 4 is 22.9 Å². The van der Waals surface area contributed by atoms with Gasteiger partial charge in [0.1, 0.15) is 0 Å². The fourth-order valence-corrected chi connectivity index (χ4v) is 2.06. The molecule has 1 aromatic rings. The predicted molar refractivity (Wildman–Crippen MR) is 60.3 cm³/mol. The summed E-state index contributed by atoms with van der Waals surface area (Å²) < 4.78 is 0. The smallest absolute Gasteiger partial charge is 0.0339 e. The Morgan fingerprint density at radius 3 is 2.92 bits per heavy atom. The van der Waals surface area contributed by atoms with Gasteiger partial charge in [0.2, 0.25) is 0 Å². The zero-order valence-corrected chi connectivity index (χ0v) is 9.37. The van der Waals surface area contributed by atoms with Gasteiger partial charge in [0.15, 0.2) is 0 Å². The molecule has 3 heteroatoms. The number of halogens is 1. The summed E-state index contributed by atoms with van der Waals surface area (Å²) in [7, 11) is 0. The lowest BCUT2D eigenvalue weighted by atomic mass is 10.4. The van der Waals surface area contributed by atoms with Crippen molar-refractivity contribution in [3.05, 3.63) is 34.0 Å². The highest BCUT2D eigenvalue weighted by atomic mass is 35.5. The zero-order chi connectivity index (χ0) is 9.68. The Labute approximate surface area is 88.6 Å². The van der Waals surface area contributed by atoms with Crippen LogP contribution < -0.4 is 0 Å². The molecular formula is C10H14ClNS. The van der Waals surface area contributed by atoms with E-state index in [9.17, 15) is 0 Å². The average Bonchev–Trinajstić information content (AvgIpc) is 2.55. The van der Waals surface area contributed by atoms with Crippen molar-refractivity contribution in [2.45, 2.75) is 13.5 Å². The molecule has 0 spiro atoms. The monoisotopic (exact) mass is 215 g/mol. The van der Waals surface area contributed by atoms with Crippen LogP contribution in [0.2, 0.25) is 0 Å². The Kier molecular flexibility index (Phi) is 4.50. The minimum absolute atomic E-state index is 0.707. The van der Waals surface area contributed by atoms with Gasteiger partial charge in [-0.2, -0.15) is 0 Å². The molecule has 0 aliphatic carbocycles. The van der Waals surface area contributed by atoms with E-state index in [1.165, 1.54) is 4.88 Å². The van der Waals surface area contributed by atoms with Crippen molar-refractivity contribution in [3.8, 4) is 0 Å². The highest BCUT2D eigenvalue weighted by Crippen LogP contribution is 2.13. The lowest BCUT2D eigenvalue weighted by molar-refractivity contribution is 0.312. The summed E-state index contributed by atoms with van der Waals surface area (Å²) in [6, 6.07) is 4.22. The molecule has 0 saturated heterocycles. The second kappa shape index (κ2) is 5.43. The van der Waals surface area contributed by atoms with E-state index in [0.29, 0.717) is 5.03 Å². The fraction of sp³-hybridized carbons (Fsp3) is 0.400. The third-order valence-electron chi connectivity index (χ3n) is 1.80. The number of hydrogen-bond donors (Lipinski definition) is 0. The summed E-state index contributed by atoms with van der Waals surface area (Å²) in [6.07, 6.45) is 0. The molecule has 0 aromatic carbocycles. The molecule has 0 aliphatic rings. The van der Waals surface area contributed by atoms with Gasteiger partial charge >= 0.3 is 0 Å². The molecule has 0 N–H and O–H groups in total. The van der Waals surface area contributed by atoms with Gasteiger partial charge in [0.25, 0.3) is 0 Å². The minimum Gasteiger partial charge on any atom is -0.293 e. The number of rotatable bonds is 5. The molecule has 0 bridgehead atoms. The topological polar surface area (TPSA) is 3.24 Å². The average molecular weight is 216 g/mol. The van der Waals surface area contributed by atoms with Gasteiger partial charge in [-0.25, -0.2) is 0 Å². The van der Waals surface area contributed by atoms with Crippen LogP contribution in [0.15, 0.2) is 29.1 Å². The highest BCUT2D eigenvalue weighted by Gasteiger charge is 2.04. The summed E-state index contributed by atoms with van der Waals surface area (Å²) in [5, 5.41) is 2.80. The zero-order valence-electron chi connectivity index (χ0n) is 7.79. The van der Waals surface area contributed by atoms with E-state index in [2.05, 4.69) is 35.9 Å². The van der Waals surface area contributed by atoms with Crippen molar-refractivity contribution in [2.75, 3.05) is 13.1 Å². The third kappa shape index (κ3) is 3.94. The first-order valence-corrected chi connectivity index (χ1v) is 5.56. The summed E-state index contributed by atoms with van der Waals surface area (Å²) in [6.45, 7) is 8.58. The van der Waals surface area contributed by atoms with Crippen LogP contribution in [0.25, 0.3) is 0 Å². The van der Waals surface area contributed by atoms with E-state index in [4.69, 9.17) is 11.6 Å². The first-order valence-electron chi connectivity index (χ1n) is 4.30. The first kappa shape index (κ1) is 10.8. The van der Waals surface area contributed by atoms with Crippen molar-refractivity contribution in [1.82, 2.24) is 4.90 Å². The van der Waals surface area contributed by atoms with Crippen LogP contribution in [0.1, 0.15) is 11.8 Å². The Morgan fingerprint density at radius 1 is 1.69 bits per heavy atom. The van der Waals surface area contributed by atoms with Gasteiger partial charge in [-0.05, 0) is 18.0 Å². The van der Waals surface area contributed by atoms with Crippen LogP contribution in [0.4, 0.5) is 0 Å². The van der Waals surface area contributed by atoms with Crippen LogP contribution in [-0.2, 0) is 6.54 Å². The van der Waals surface area contributed by atoms with Gasteiger partial charge in [0, 0.05) is 23.0 Å². The summed E-state index contributed by atoms with van der Waals surface area (Å²) in [4.78, 5) is 3.64. The van der Waals surface area contributed by atoms with E-state index < -0.39 is 0 Å². The fourth-order valence-electron chi connectivity index (χ4n) is 1.15. The molecule has 1 aromatic heterocycles. The molecule has 0 saturated carbocycles. The van der Waals surface area contributed by atoms with Crippen LogP contribution in [0.5, 0.6) is 0 Å². The summed E-state index contributed by atoms with van der Waals surface area (Å²) in [5.41, 5.74) is 0. The molecule has 1 rings (SSSR count). The van der Waals surface area contributed by atoms with Crippen LogP contribution in [0, 0.1) is 0 Å².